The molecule has 0 saturated carbocycles. The van der Waals surface area contributed by atoms with Gasteiger partial charge >= 0.3 is 0 Å². The van der Waals surface area contributed by atoms with Gasteiger partial charge in [-0.3, -0.25) is 9.11 Å². The molecule has 0 aliphatic carbocycles. The molecule has 158 valence electrons. The summed E-state index contributed by atoms with van der Waals surface area (Å²) in [6, 6.07) is 0. The van der Waals surface area contributed by atoms with Crippen LogP contribution in [0.1, 0.15) is 71.1 Å². The summed E-state index contributed by atoms with van der Waals surface area (Å²) in [5.74, 6) is -0.820. The van der Waals surface area contributed by atoms with Crippen LogP contribution < -0.4 is 0 Å². The molecule has 0 amide bonds. The molecular formula is C17H38NO6S2+. The summed E-state index contributed by atoms with van der Waals surface area (Å²) in [5, 5.41) is 0. The van der Waals surface area contributed by atoms with Crippen LogP contribution in [-0.4, -0.2) is 68.6 Å². The number of hydrogen-bond donors (Lipinski definition) is 2. The zero-order chi connectivity index (χ0) is 20.1. The smallest absolute Gasteiger partial charge is 0.270 e. The maximum Gasteiger partial charge on any atom is 0.270 e. The molecule has 0 aliphatic heterocycles. The van der Waals surface area contributed by atoms with E-state index in [2.05, 4.69) is 6.92 Å². The van der Waals surface area contributed by atoms with E-state index in [0.717, 1.165) is 19.3 Å². The fourth-order valence-corrected chi connectivity index (χ4v) is 4.33. The van der Waals surface area contributed by atoms with Gasteiger partial charge < -0.3 is 4.48 Å². The third kappa shape index (κ3) is 17.2. The third-order valence-corrected chi connectivity index (χ3v) is 6.23. The lowest BCUT2D eigenvalue weighted by atomic mass is 10.1. The highest BCUT2D eigenvalue weighted by molar-refractivity contribution is 7.86. The van der Waals surface area contributed by atoms with Crippen molar-refractivity contribution in [1.29, 1.82) is 0 Å². The van der Waals surface area contributed by atoms with E-state index < -0.39 is 31.7 Å². The first-order chi connectivity index (χ1) is 12.0. The minimum Gasteiger partial charge on any atom is -0.324 e. The average Bonchev–Trinajstić information content (AvgIpc) is 2.52. The molecule has 7 nitrogen and oxygen atoms in total. The fraction of sp³-hybridized carbons (Fsp3) is 1.00. The first kappa shape index (κ1) is 25.8. The van der Waals surface area contributed by atoms with Gasteiger partial charge in [-0.2, -0.15) is 16.8 Å². The molecular weight excluding hydrogens is 378 g/mol. The van der Waals surface area contributed by atoms with Gasteiger partial charge in [0.2, 0.25) is 0 Å². The number of quaternary nitrogens is 1. The first-order valence-corrected chi connectivity index (χ1v) is 12.9. The lowest BCUT2D eigenvalue weighted by Gasteiger charge is -2.34. The monoisotopic (exact) mass is 416 g/mol. The minimum atomic E-state index is -4.09. The number of hydrogen-bond acceptors (Lipinski definition) is 4. The molecule has 0 atom stereocenters. The Morgan fingerprint density at radius 1 is 0.615 bits per heavy atom. The van der Waals surface area contributed by atoms with Gasteiger partial charge in [0.05, 0.1) is 26.7 Å². The zero-order valence-corrected chi connectivity index (χ0v) is 18.0. The lowest BCUT2D eigenvalue weighted by molar-refractivity contribution is -0.905. The highest BCUT2D eigenvalue weighted by Gasteiger charge is 2.26. The molecule has 9 heteroatoms. The second-order valence-electron chi connectivity index (χ2n) is 7.54. The van der Waals surface area contributed by atoms with Crippen molar-refractivity contribution in [3.8, 4) is 0 Å². The molecule has 0 aromatic heterocycles. The van der Waals surface area contributed by atoms with E-state index in [4.69, 9.17) is 9.11 Å². The molecule has 0 bridgehead atoms. The van der Waals surface area contributed by atoms with Crippen molar-refractivity contribution in [2.45, 2.75) is 71.1 Å². The van der Waals surface area contributed by atoms with Crippen LogP contribution in [0.2, 0.25) is 0 Å². The van der Waals surface area contributed by atoms with Crippen LogP contribution in [0.25, 0.3) is 0 Å². The molecule has 26 heavy (non-hydrogen) atoms. The molecule has 0 radical (unpaired) electrons. The Labute approximate surface area is 160 Å². The second-order valence-corrected chi connectivity index (χ2v) is 10.7. The van der Waals surface area contributed by atoms with E-state index in [1.165, 1.54) is 44.9 Å². The van der Waals surface area contributed by atoms with Gasteiger partial charge in [-0.1, -0.05) is 58.3 Å². The van der Waals surface area contributed by atoms with Crippen LogP contribution in [0.5, 0.6) is 0 Å². The lowest BCUT2D eigenvalue weighted by Crippen LogP contribution is -2.50. The quantitative estimate of drug-likeness (QED) is 0.214. The predicted molar refractivity (Wildman–Crippen MR) is 105 cm³/mol. The summed E-state index contributed by atoms with van der Waals surface area (Å²) in [5.41, 5.74) is 0. The topological polar surface area (TPSA) is 109 Å². The van der Waals surface area contributed by atoms with E-state index in [9.17, 15) is 16.8 Å². The average molecular weight is 417 g/mol. The maximum atomic E-state index is 11.0. The molecule has 0 saturated heterocycles. The van der Waals surface area contributed by atoms with Gasteiger partial charge in [0, 0.05) is 0 Å². The Balaban J connectivity index is 4.14. The molecule has 0 unspecified atom stereocenters. The Kier molecular flexibility index (Phi) is 12.9. The van der Waals surface area contributed by atoms with Crippen LogP contribution in [-0.2, 0) is 20.2 Å². The fourth-order valence-electron chi connectivity index (χ4n) is 2.99. The SMILES string of the molecule is CCCCCCCCCCCC[N+](C)(CCS(=O)(=O)O)CCS(=O)(=O)O. The van der Waals surface area contributed by atoms with Crippen LogP contribution in [0.4, 0.5) is 0 Å². The highest BCUT2D eigenvalue weighted by Crippen LogP contribution is 2.13. The van der Waals surface area contributed by atoms with E-state index >= 15 is 0 Å². The normalized spacial score (nSPS) is 13.2. The van der Waals surface area contributed by atoms with Crippen molar-refractivity contribution >= 4 is 20.2 Å². The van der Waals surface area contributed by atoms with Gasteiger partial charge in [0.15, 0.2) is 0 Å². The summed E-state index contributed by atoms with van der Waals surface area (Å²) >= 11 is 0. The van der Waals surface area contributed by atoms with Crippen molar-refractivity contribution in [2.75, 3.05) is 38.2 Å². The molecule has 0 spiro atoms. The van der Waals surface area contributed by atoms with Crippen LogP contribution >= 0.6 is 0 Å². The maximum absolute atomic E-state index is 11.0. The van der Waals surface area contributed by atoms with Crippen molar-refractivity contribution in [3.05, 3.63) is 0 Å². The van der Waals surface area contributed by atoms with Crippen LogP contribution in [0.15, 0.2) is 0 Å². The Hall–Kier alpha value is -0.220. The Morgan fingerprint density at radius 2 is 0.962 bits per heavy atom. The van der Waals surface area contributed by atoms with Gasteiger partial charge in [0.1, 0.15) is 11.5 Å². The summed E-state index contributed by atoms with van der Waals surface area (Å²) in [7, 11) is -6.41. The standard InChI is InChI=1S/C17H37NO6S2/c1-3-4-5-6-7-8-9-10-11-12-13-18(2,14-16-25(19,20)21)15-17-26(22,23)24/h3-17H2,1-2H3,(H-,19,20,21,22,23,24)/p+1. The molecule has 0 rings (SSSR count). The molecule has 0 aromatic carbocycles. The van der Waals surface area contributed by atoms with Gasteiger partial charge in [-0.15, -0.1) is 0 Å². The predicted octanol–water partition coefficient (Wildman–Crippen LogP) is 3.13. The van der Waals surface area contributed by atoms with E-state index in [1.807, 2.05) is 0 Å². The zero-order valence-electron chi connectivity index (χ0n) is 16.4. The molecule has 0 heterocycles. The van der Waals surface area contributed by atoms with Crippen molar-refractivity contribution in [1.82, 2.24) is 0 Å². The minimum absolute atomic E-state index is 0.131. The summed E-state index contributed by atoms with van der Waals surface area (Å²) in [4.78, 5) is 0. The summed E-state index contributed by atoms with van der Waals surface area (Å²) < 4.78 is 62.1. The van der Waals surface area contributed by atoms with Crippen molar-refractivity contribution < 1.29 is 30.4 Å². The molecule has 0 aliphatic rings. The van der Waals surface area contributed by atoms with Crippen LogP contribution in [0, 0.1) is 0 Å². The molecule has 0 aromatic rings. The van der Waals surface area contributed by atoms with E-state index in [1.54, 1.807) is 7.05 Å². The largest absolute Gasteiger partial charge is 0.324 e. The number of rotatable bonds is 17. The van der Waals surface area contributed by atoms with Crippen LogP contribution in [0.3, 0.4) is 0 Å². The van der Waals surface area contributed by atoms with E-state index in [0.29, 0.717) is 6.54 Å². The molecule has 0 fully saturated rings. The number of unbranched alkanes of at least 4 members (excludes halogenated alkanes) is 9. The summed E-state index contributed by atoms with van der Waals surface area (Å²) in [6.07, 6.45) is 11.9. The Bertz CT molecular complexity index is 524. The molecule has 2 N–H and O–H groups in total. The van der Waals surface area contributed by atoms with Crippen molar-refractivity contribution in [3.63, 3.8) is 0 Å². The third-order valence-electron chi connectivity index (χ3n) is 4.83. The van der Waals surface area contributed by atoms with E-state index in [-0.39, 0.29) is 17.6 Å². The van der Waals surface area contributed by atoms with Gasteiger partial charge in [-0.05, 0) is 12.8 Å². The number of nitrogens with zero attached hydrogens (tertiary/aromatic N) is 1. The van der Waals surface area contributed by atoms with Crippen molar-refractivity contribution in [2.24, 2.45) is 0 Å². The first-order valence-electron chi connectivity index (χ1n) is 9.71. The second kappa shape index (κ2) is 13.0. The van der Waals surface area contributed by atoms with Gasteiger partial charge in [0.25, 0.3) is 20.2 Å². The Morgan fingerprint density at radius 3 is 1.31 bits per heavy atom. The van der Waals surface area contributed by atoms with Gasteiger partial charge in [-0.25, -0.2) is 0 Å². The summed E-state index contributed by atoms with van der Waals surface area (Å²) in [6.45, 7) is 3.09. The highest BCUT2D eigenvalue weighted by atomic mass is 32.2.